The second kappa shape index (κ2) is 6.62. The summed E-state index contributed by atoms with van der Waals surface area (Å²) in [5, 5.41) is 3.45. The zero-order chi connectivity index (χ0) is 11.1. The van der Waals surface area contributed by atoms with E-state index in [4.69, 9.17) is 0 Å². The highest BCUT2D eigenvalue weighted by Crippen LogP contribution is 2.16. The van der Waals surface area contributed by atoms with Gasteiger partial charge in [0.1, 0.15) is 0 Å². The second-order valence-corrected chi connectivity index (χ2v) is 4.50. The standard InChI is InChI=1S/C14H23N/c1-4-15-11-14(12(2)3)10-13-8-6-5-7-9-13/h5-9,12,14-15H,4,10-11H2,1-3H3. The molecule has 15 heavy (non-hydrogen) atoms. The number of rotatable bonds is 6. The zero-order valence-electron chi connectivity index (χ0n) is 10.2. The molecule has 0 aliphatic heterocycles. The van der Waals surface area contributed by atoms with Gasteiger partial charge in [-0.2, -0.15) is 0 Å². The van der Waals surface area contributed by atoms with Crippen molar-refractivity contribution in [3.05, 3.63) is 35.9 Å². The van der Waals surface area contributed by atoms with E-state index in [1.807, 2.05) is 0 Å². The van der Waals surface area contributed by atoms with Crippen molar-refractivity contribution in [2.75, 3.05) is 13.1 Å². The van der Waals surface area contributed by atoms with Gasteiger partial charge < -0.3 is 5.32 Å². The molecule has 0 fully saturated rings. The number of hydrogen-bond donors (Lipinski definition) is 1. The third kappa shape index (κ3) is 4.48. The normalized spacial score (nSPS) is 13.1. The minimum atomic E-state index is 0.740. The molecule has 1 unspecified atom stereocenters. The Balaban J connectivity index is 2.51. The first-order chi connectivity index (χ1) is 7.24. The summed E-state index contributed by atoms with van der Waals surface area (Å²) in [7, 11) is 0. The third-order valence-corrected chi connectivity index (χ3v) is 2.94. The molecule has 0 aliphatic carbocycles. The van der Waals surface area contributed by atoms with Crippen molar-refractivity contribution in [3.63, 3.8) is 0 Å². The predicted molar refractivity (Wildman–Crippen MR) is 67.0 cm³/mol. The Labute approximate surface area is 93.9 Å². The Kier molecular flexibility index (Phi) is 5.41. The van der Waals surface area contributed by atoms with Crippen molar-refractivity contribution < 1.29 is 0 Å². The Morgan fingerprint density at radius 2 is 1.80 bits per heavy atom. The lowest BCUT2D eigenvalue weighted by molar-refractivity contribution is 0.364. The fourth-order valence-electron chi connectivity index (χ4n) is 1.79. The van der Waals surface area contributed by atoms with Gasteiger partial charge >= 0.3 is 0 Å². The van der Waals surface area contributed by atoms with E-state index in [0.717, 1.165) is 24.9 Å². The summed E-state index contributed by atoms with van der Waals surface area (Å²) in [4.78, 5) is 0. The van der Waals surface area contributed by atoms with Crippen LogP contribution in [0.3, 0.4) is 0 Å². The van der Waals surface area contributed by atoms with Crippen molar-refractivity contribution in [3.8, 4) is 0 Å². The molecule has 84 valence electrons. The highest BCUT2D eigenvalue weighted by atomic mass is 14.8. The van der Waals surface area contributed by atoms with Crippen LogP contribution in [0, 0.1) is 11.8 Å². The minimum Gasteiger partial charge on any atom is -0.317 e. The van der Waals surface area contributed by atoms with Crippen molar-refractivity contribution >= 4 is 0 Å². The Bertz CT molecular complexity index is 253. The van der Waals surface area contributed by atoms with E-state index in [-0.39, 0.29) is 0 Å². The molecule has 0 spiro atoms. The van der Waals surface area contributed by atoms with E-state index in [1.165, 1.54) is 12.0 Å². The smallest absolute Gasteiger partial charge is 0.00150 e. The predicted octanol–water partition coefficient (Wildman–Crippen LogP) is 3.11. The highest BCUT2D eigenvalue weighted by Gasteiger charge is 2.12. The van der Waals surface area contributed by atoms with E-state index in [2.05, 4.69) is 56.4 Å². The SMILES string of the molecule is CCNCC(Cc1ccccc1)C(C)C. The monoisotopic (exact) mass is 205 g/mol. The van der Waals surface area contributed by atoms with Gasteiger partial charge in [-0.05, 0) is 36.9 Å². The molecule has 0 amide bonds. The molecule has 0 saturated heterocycles. The van der Waals surface area contributed by atoms with Crippen LogP contribution in [0.2, 0.25) is 0 Å². The molecule has 1 aromatic carbocycles. The fraction of sp³-hybridized carbons (Fsp3) is 0.571. The van der Waals surface area contributed by atoms with Crippen LogP contribution in [0.4, 0.5) is 0 Å². The maximum Gasteiger partial charge on any atom is -0.00150 e. The van der Waals surface area contributed by atoms with E-state index in [1.54, 1.807) is 0 Å². The van der Waals surface area contributed by atoms with Crippen LogP contribution in [0.25, 0.3) is 0 Å². The van der Waals surface area contributed by atoms with Crippen LogP contribution >= 0.6 is 0 Å². The first kappa shape index (κ1) is 12.3. The molecule has 1 aromatic rings. The maximum absolute atomic E-state index is 3.45. The molecule has 1 rings (SSSR count). The van der Waals surface area contributed by atoms with Crippen molar-refractivity contribution in [1.29, 1.82) is 0 Å². The van der Waals surface area contributed by atoms with E-state index < -0.39 is 0 Å². The molecule has 0 aromatic heterocycles. The largest absolute Gasteiger partial charge is 0.317 e. The van der Waals surface area contributed by atoms with Gasteiger partial charge in [-0.15, -0.1) is 0 Å². The zero-order valence-corrected chi connectivity index (χ0v) is 10.2. The molecule has 1 atom stereocenters. The van der Waals surface area contributed by atoms with Crippen LogP contribution in [0.1, 0.15) is 26.3 Å². The fourth-order valence-corrected chi connectivity index (χ4v) is 1.79. The van der Waals surface area contributed by atoms with Crippen LogP contribution in [-0.2, 0) is 6.42 Å². The van der Waals surface area contributed by atoms with Crippen molar-refractivity contribution in [2.24, 2.45) is 11.8 Å². The van der Waals surface area contributed by atoms with Gasteiger partial charge in [-0.25, -0.2) is 0 Å². The van der Waals surface area contributed by atoms with E-state index in [9.17, 15) is 0 Å². The molecule has 0 heterocycles. The molecule has 1 nitrogen and oxygen atoms in total. The summed E-state index contributed by atoms with van der Waals surface area (Å²) in [5.41, 5.74) is 1.45. The summed E-state index contributed by atoms with van der Waals surface area (Å²) in [5.74, 6) is 1.48. The summed E-state index contributed by atoms with van der Waals surface area (Å²) in [6, 6.07) is 10.8. The molecule has 1 heteroatoms. The van der Waals surface area contributed by atoms with Gasteiger partial charge in [0.2, 0.25) is 0 Å². The van der Waals surface area contributed by atoms with Gasteiger partial charge in [0, 0.05) is 0 Å². The lowest BCUT2D eigenvalue weighted by atomic mass is 9.89. The first-order valence-corrected chi connectivity index (χ1v) is 5.98. The first-order valence-electron chi connectivity index (χ1n) is 5.98. The topological polar surface area (TPSA) is 12.0 Å². The summed E-state index contributed by atoms with van der Waals surface area (Å²) in [6.07, 6.45) is 1.19. The molecule has 0 aliphatic rings. The van der Waals surface area contributed by atoms with E-state index in [0.29, 0.717) is 0 Å². The average molecular weight is 205 g/mol. The van der Waals surface area contributed by atoms with Crippen LogP contribution in [-0.4, -0.2) is 13.1 Å². The number of hydrogen-bond acceptors (Lipinski definition) is 1. The maximum atomic E-state index is 3.45. The summed E-state index contributed by atoms with van der Waals surface area (Å²) in [6.45, 7) is 8.98. The Hall–Kier alpha value is -0.820. The van der Waals surface area contributed by atoms with Crippen LogP contribution in [0.15, 0.2) is 30.3 Å². The van der Waals surface area contributed by atoms with Gasteiger partial charge in [-0.1, -0.05) is 51.1 Å². The molecular weight excluding hydrogens is 182 g/mol. The number of benzene rings is 1. The minimum absolute atomic E-state index is 0.740. The highest BCUT2D eigenvalue weighted by molar-refractivity contribution is 5.15. The van der Waals surface area contributed by atoms with Crippen molar-refractivity contribution in [2.45, 2.75) is 27.2 Å². The number of nitrogens with one attached hydrogen (secondary N) is 1. The average Bonchev–Trinajstić information content (AvgIpc) is 2.25. The second-order valence-electron chi connectivity index (χ2n) is 4.50. The lowest BCUT2D eigenvalue weighted by Crippen LogP contribution is -2.27. The molecule has 1 N–H and O–H groups in total. The Morgan fingerprint density at radius 3 is 2.33 bits per heavy atom. The Morgan fingerprint density at radius 1 is 1.13 bits per heavy atom. The van der Waals surface area contributed by atoms with Crippen LogP contribution in [0.5, 0.6) is 0 Å². The quantitative estimate of drug-likeness (QED) is 0.752. The molecule has 0 bridgehead atoms. The van der Waals surface area contributed by atoms with Crippen molar-refractivity contribution in [1.82, 2.24) is 5.32 Å². The summed E-state index contributed by atoms with van der Waals surface area (Å²) >= 11 is 0. The van der Waals surface area contributed by atoms with Gasteiger partial charge in [0.05, 0.1) is 0 Å². The van der Waals surface area contributed by atoms with Gasteiger partial charge in [0.25, 0.3) is 0 Å². The van der Waals surface area contributed by atoms with Gasteiger partial charge in [0.15, 0.2) is 0 Å². The lowest BCUT2D eigenvalue weighted by Gasteiger charge is -2.21. The van der Waals surface area contributed by atoms with Gasteiger partial charge in [-0.3, -0.25) is 0 Å². The molecule has 0 radical (unpaired) electrons. The third-order valence-electron chi connectivity index (χ3n) is 2.94. The van der Waals surface area contributed by atoms with E-state index >= 15 is 0 Å². The molecular formula is C14H23N. The van der Waals surface area contributed by atoms with Crippen LogP contribution < -0.4 is 5.32 Å². The molecule has 0 saturated carbocycles. The summed E-state index contributed by atoms with van der Waals surface area (Å²) < 4.78 is 0.